The first-order valence-corrected chi connectivity index (χ1v) is 7.69. The van der Waals surface area contributed by atoms with Crippen LogP contribution < -0.4 is 5.32 Å². The Morgan fingerprint density at radius 1 is 1.32 bits per heavy atom. The Morgan fingerprint density at radius 3 is 2.68 bits per heavy atom. The van der Waals surface area contributed by atoms with Gasteiger partial charge in [-0.25, -0.2) is 4.98 Å². The van der Waals surface area contributed by atoms with Crippen molar-refractivity contribution in [1.82, 2.24) is 9.55 Å². The van der Waals surface area contributed by atoms with Crippen molar-refractivity contribution in [3.63, 3.8) is 0 Å². The van der Waals surface area contributed by atoms with E-state index in [1.165, 1.54) is 25.7 Å². The van der Waals surface area contributed by atoms with E-state index in [0.717, 1.165) is 19.0 Å². The second-order valence-corrected chi connectivity index (χ2v) is 6.77. The zero-order valence-electron chi connectivity index (χ0n) is 13.4. The first-order chi connectivity index (χ1) is 8.94. The molecule has 3 nitrogen and oxygen atoms in total. The van der Waals surface area contributed by atoms with Gasteiger partial charge in [-0.15, -0.1) is 0 Å². The van der Waals surface area contributed by atoms with E-state index < -0.39 is 0 Å². The van der Waals surface area contributed by atoms with Gasteiger partial charge in [-0.3, -0.25) is 0 Å². The Hall–Kier alpha value is -0.990. The maximum absolute atomic E-state index is 4.42. The molecule has 0 atom stereocenters. The van der Waals surface area contributed by atoms with Crippen molar-refractivity contribution in [2.45, 2.75) is 66.8 Å². The Bertz CT molecular complexity index is 353. The van der Waals surface area contributed by atoms with E-state index >= 15 is 0 Å². The number of rotatable bonds is 9. The summed E-state index contributed by atoms with van der Waals surface area (Å²) in [6, 6.07) is 0. The molecule has 3 heteroatoms. The van der Waals surface area contributed by atoms with Crippen LogP contribution in [0.3, 0.4) is 0 Å². The molecule has 0 radical (unpaired) electrons. The summed E-state index contributed by atoms with van der Waals surface area (Å²) in [4.78, 5) is 4.42. The van der Waals surface area contributed by atoms with Gasteiger partial charge in [0.15, 0.2) is 0 Å². The largest absolute Gasteiger partial charge is 0.355 e. The lowest BCUT2D eigenvalue weighted by Crippen LogP contribution is -2.24. The fourth-order valence-corrected chi connectivity index (χ4v) is 2.28. The highest BCUT2D eigenvalue weighted by molar-refractivity contribution is 5.26. The second kappa shape index (κ2) is 7.56. The minimum atomic E-state index is 0.337. The normalized spacial score (nSPS) is 12.1. The third kappa shape index (κ3) is 6.13. The third-order valence-corrected chi connectivity index (χ3v) is 3.46. The van der Waals surface area contributed by atoms with Crippen LogP contribution in [0.2, 0.25) is 0 Å². The molecule has 1 N–H and O–H groups in total. The average Bonchev–Trinajstić information content (AvgIpc) is 2.73. The third-order valence-electron chi connectivity index (χ3n) is 3.46. The summed E-state index contributed by atoms with van der Waals surface area (Å²) < 4.78 is 2.22. The van der Waals surface area contributed by atoms with Crippen LogP contribution in [0.4, 0.5) is 5.95 Å². The highest BCUT2D eigenvalue weighted by Gasteiger charge is 2.18. The maximum Gasteiger partial charge on any atom is 0.202 e. The van der Waals surface area contributed by atoms with Gasteiger partial charge in [-0.1, -0.05) is 53.9 Å². The lowest BCUT2D eigenvalue weighted by Gasteiger charge is -2.25. The number of aromatic nitrogens is 2. The second-order valence-electron chi connectivity index (χ2n) is 6.77. The molecule has 0 unspecified atom stereocenters. The van der Waals surface area contributed by atoms with Crippen molar-refractivity contribution in [3.8, 4) is 0 Å². The van der Waals surface area contributed by atoms with Gasteiger partial charge < -0.3 is 9.88 Å². The molecule has 0 fully saturated rings. The van der Waals surface area contributed by atoms with E-state index in [-0.39, 0.29) is 0 Å². The summed E-state index contributed by atoms with van der Waals surface area (Å²) in [6.07, 6.45) is 9.18. The van der Waals surface area contributed by atoms with Crippen molar-refractivity contribution in [2.75, 3.05) is 11.9 Å². The Kier molecular flexibility index (Phi) is 6.40. The highest BCUT2D eigenvalue weighted by atomic mass is 15.2. The molecule has 0 amide bonds. The van der Waals surface area contributed by atoms with Crippen LogP contribution in [0, 0.1) is 11.3 Å². The van der Waals surface area contributed by atoms with Gasteiger partial charge in [0.05, 0.1) is 0 Å². The van der Waals surface area contributed by atoms with Gasteiger partial charge in [0.2, 0.25) is 5.95 Å². The zero-order chi connectivity index (χ0) is 14.3. The van der Waals surface area contributed by atoms with Crippen molar-refractivity contribution in [2.24, 2.45) is 11.3 Å². The molecule has 0 aromatic carbocycles. The van der Waals surface area contributed by atoms with E-state index in [9.17, 15) is 0 Å². The van der Waals surface area contributed by atoms with E-state index in [2.05, 4.69) is 55.7 Å². The van der Waals surface area contributed by atoms with Crippen LogP contribution in [-0.4, -0.2) is 16.1 Å². The van der Waals surface area contributed by atoms with Gasteiger partial charge in [0, 0.05) is 25.5 Å². The van der Waals surface area contributed by atoms with Crippen LogP contribution in [0.1, 0.15) is 60.3 Å². The van der Waals surface area contributed by atoms with Crippen molar-refractivity contribution >= 4 is 5.95 Å². The molecule has 110 valence electrons. The van der Waals surface area contributed by atoms with Gasteiger partial charge in [-0.2, -0.15) is 0 Å². The molecule has 0 spiro atoms. The molecule has 0 saturated heterocycles. The lowest BCUT2D eigenvalue weighted by molar-refractivity contribution is 0.341. The van der Waals surface area contributed by atoms with Crippen LogP contribution in [0.15, 0.2) is 12.4 Å². The minimum Gasteiger partial charge on any atom is -0.355 e. The summed E-state index contributed by atoms with van der Waals surface area (Å²) in [5.41, 5.74) is 0.337. The Labute approximate surface area is 118 Å². The molecule has 0 bridgehead atoms. The minimum absolute atomic E-state index is 0.337. The summed E-state index contributed by atoms with van der Waals surface area (Å²) in [7, 11) is 0. The van der Waals surface area contributed by atoms with Gasteiger partial charge in [-0.05, 0) is 17.8 Å². The van der Waals surface area contributed by atoms with E-state index in [0.29, 0.717) is 11.3 Å². The molecule has 0 aliphatic heterocycles. The van der Waals surface area contributed by atoms with Crippen molar-refractivity contribution in [1.29, 1.82) is 0 Å². The molecule has 1 aromatic rings. The summed E-state index contributed by atoms with van der Waals surface area (Å²) in [5, 5.41) is 3.52. The molecule has 1 aromatic heterocycles. The van der Waals surface area contributed by atoms with Crippen LogP contribution in [0.5, 0.6) is 0 Å². The topological polar surface area (TPSA) is 29.9 Å². The standard InChI is InChI=1S/C16H31N3/c1-6-7-8-9-16(4,5)13-18-15-17-10-11-19(15)12-14(2)3/h10-11,14H,6-9,12-13H2,1-5H3,(H,17,18). The smallest absolute Gasteiger partial charge is 0.202 e. The molecule has 0 aliphatic carbocycles. The van der Waals surface area contributed by atoms with E-state index in [1.807, 2.05) is 6.20 Å². The van der Waals surface area contributed by atoms with Gasteiger partial charge in [0.25, 0.3) is 0 Å². The molecular weight excluding hydrogens is 234 g/mol. The number of anilines is 1. The van der Waals surface area contributed by atoms with E-state index in [4.69, 9.17) is 0 Å². The first kappa shape index (κ1) is 16.1. The highest BCUT2D eigenvalue weighted by Crippen LogP contribution is 2.24. The fraction of sp³-hybridized carbons (Fsp3) is 0.812. The lowest BCUT2D eigenvalue weighted by atomic mass is 9.87. The molecule has 1 heterocycles. The number of hydrogen-bond donors (Lipinski definition) is 1. The SMILES string of the molecule is CCCCCC(C)(C)CNc1nccn1CC(C)C. The predicted octanol–water partition coefficient (Wildman–Crippen LogP) is 4.56. The van der Waals surface area contributed by atoms with Gasteiger partial charge in [0.1, 0.15) is 0 Å². The molecular formula is C16H31N3. The Balaban J connectivity index is 2.44. The maximum atomic E-state index is 4.42. The Morgan fingerprint density at radius 2 is 2.05 bits per heavy atom. The quantitative estimate of drug-likeness (QED) is 0.663. The summed E-state index contributed by atoms with van der Waals surface area (Å²) in [5.74, 6) is 1.66. The van der Waals surface area contributed by atoms with Crippen molar-refractivity contribution in [3.05, 3.63) is 12.4 Å². The number of nitrogens with zero attached hydrogens (tertiary/aromatic N) is 2. The van der Waals surface area contributed by atoms with Crippen molar-refractivity contribution < 1.29 is 0 Å². The summed E-state index contributed by atoms with van der Waals surface area (Å²) in [6.45, 7) is 13.4. The van der Waals surface area contributed by atoms with Crippen LogP contribution in [0.25, 0.3) is 0 Å². The van der Waals surface area contributed by atoms with E-state index in [1.54, 1.807) is 0 Å². The van der Waals surface area contributed by atoms with Crippen LogP contribution >= 0.6 is 0 Å². The molecule has 0 aliphatic rings. The van der Waals surface area contributed by atoms with Crippen LogP contribution in [-0.2, 0) is 6.54 Å². The number of hydrogen-bond acceptors (Lipinski definition) is 2. The first-order valence-electron chi connectivity index (χ1n) is 7.69. The molecule has 1 rings (SSSR count). The number of unbranched alkanes of at least 4 members (excludes halogenated alkanes) is 2. The molecule has 0 saturated carbocycles. The van der Waals surface area contributed by atoms with Gasteiger partial charge >= 0.3 is 0 Å². The fourth-order valence-electron chi connectivity index (χ4n) is 2.28. The number of imidazole rings is 1. The monoisotopic (exact) mass is 265 g/mol. The zero-order valence-corrected chi connectivity index (χ0v) is 13.4. The summed E-state index contributed by atoms with van der Waals surface area (Å²) >= 11 is 0. The average molecular weight is 265 g/mol. The molecule has 19 heavy (non-hydrogen) atoms. The predicted molar refractivity (Wildman–Crippen MR) is 83.5 cm³/mol. The number of nitrogens with one attached hydrogen (secondary N) is 1.